The molecule has 7 heteroatoms. The number of carbonyl (C=O) groups excluding carboxylic acids is 2. The van der Waals surface area contributed by atoms with E-state index in [0.717, 1.165) is 18.4 Å². The van der Waals surface area contributed by atoms with Crippen LogP contribution in [0.1, 0.15) is 32.7 Å². The molecule has 4 rings (SSSR count). The molecule has 0 amide bonds. The van der Waals surface area contributed by atoms with E-state index in [9.17, 15) is 9.59 Å². The van der Waals surface area contributed by atoms with Gasteiger partial charge in [0, 0.05) is 41.5 Å². The van der Waals surface area contributed by atoms with Gasteiger partial charge in [0.15, 0.2) is 12.1 Å². The van der Waals surface area contributed by atoms with Crippen LogP contribution < -0.4 is 9.64 Å². The van der Waals surface area contributed by atoms with Gasteiger partial charge in [-0.1, -0.05) is 35.3 Å². The first kappa shape index (κ1) is 20.4. The van der Waals surface area contributed by atoms with Crippen molar-refractivity contribution in [2.75, 3.05) is 18.0 Å². The summed E-state index contributed by atoms with van der Waals surface area (Å²) in [5.41, 5.74) is 2.04. The molecule has 0 radical (unpaired) electrons. The van der Waals surface area contributed by atoms with Crippen molar-refractivity contribution in [1.82, 2.24) is 4.98 Å². The number of ether oxygens (including phenoxy) is 1. The third-order valence-corrected chi connectivity index (χ3v) is 5.64. The van der Waals surface area contributed by atoms with Crippen molar-refractivity contribution in [3.8, 4) is 5.88 Å². The van der Waals surface area contributed by atoms with Gasteiger partial charge in [-0.05, 0) is 42.5 Å². The van der Waals surface area contributed by atoms with E-state index in [1.54, 1.807) is 60.8 Å². The highest BCUT2D eigenvalue weighted by Gasteiger charge is 2.27. The van der Waals surface area contributed by atoms with Crippen LogP contribution in [0.15, 0.2) is 60.8 Å². The van der Waals surface area contributed by atoms with Gasteiger partial charge in [-0.3, -0.25) is 9.59 Å². The van der Waals surface area contributed by atoms with Crippen molar-refractivity contribution < 1.29 is 14.3 Å². The number of nitrogens with zero attached hydrogens (tertiary/aromatic N) is 2. The number of pyridine rings is 1. The molecule has 1 aliphatic heterocycles. The third kappa shape index (κ3) is 4.18. The molecule has 0 spiro atoms. The van der Waals surface area contributed by atoms with Crippen molar-refractivity contribution in [2.24, 2.45) is 0 Å². The molecule has 0 bridgehead atoms. The molecule has 1 aromatic heterocycles. The second kappa shape index (κ2) is 8.86. The average molecular weight is 441 g/mol. The first-order valence-electron chi connectivity index (χ1n) is 9.47. The average Bonchev–Trinajstić information content (AvgIpc) is 3.23. The molecule has 1 aliphatic rings. The Balaban J connectivity index is 1.53. The zero-order valence-electron chi connectivity index (χ0n) is 15.9. The van der Waals surface area contributed by atoms with Crippen LogP contribution in [-0.2, 0) is 0 Å². The highest BCUT2D eigenvalue weighted by molar-refractivity contribution is 6.35. The van der Waals surface area contributed by atoms with E-state index in [0.29, 0.717) is 45.7 Å². The van der Waals surface area contributed by atoms with Crippen molar-refractivity contribution in [3.63, 3.8) is 0 Å². The van der Waals surface area contributed by atoms with Crippen LogP contribution in [0.2, 0.25) is 10.0 Å². The lowest BCUT2D eigenvalue weighted by molar-refractivity contribution is 0.103. The minimum Gasteiger partial charge on any atom is -0.471 e. The Kier molecular flexibility index (Phi) is 6.02. The van der Waals surface area contributed by atoms with Crippen LogP contribution >= 0.6 is 23.2 Å². The fourth-order valence-corrected chi connectivity index (χ4v) is 3.93. The number of ketones is 1. The van der Waals surface area contributed by atoms with Gasteiger partial charge in [0.25, 0.3) is 0 Å². The Labute approximate surface area is 184 Å². The zero-order chi connectivity index (χ0) is 21.1. The summed E-state index contributed by atoms with van der Waals surface area (Å²) in [5, 5.41) is 0.846. The van der Waals surface area contributed by atoms with E-state index in [4.69, 9.17) is 27.9 Å². The van der Waals surface area contributed by atoms with Gasteiger partial charge in [-0.15, -0.1) is 0 Å². The molecule has 0 unspecified atom stereocenters. The summed E-state index contributed by atoms with van der Waals surface area (Å²) in [7, 11) is 0. The second-order valence-corrected chi connectivity index (χ2v) is 7.78. The summed E-state index contributed by atoms with van der Waals surface area (Å²) in [4.78, 5) is 30.8. The summed E-state index contributed by atoms with van der Waals surface area (Å²) in [5.74, 6) is 0.185. The van der Waals surface area contributed by atoms with Gasteiger partial charge in [0.05, 0.1) is 11.6 Å². The minimum absolute atomic E-state index is 0.0960. The number of benzene rings is 2. The SMILES string of the molecule is O=Cc1cc(C(=O)c2ccccc2Cl)ccc1N1CC[C@H](Oc2ncccc2Cl)C1. The van der Waals surface area contributed by atoms with Gasteiger partial charge < -0.3 is 9.64 Å². The van der Waals surface area contributed by atoms with Crippen molar-refractivity contribution >= 4 is 41.0 Å². The first-order chi connectivity index (χ1) is 14.6. The smallest absolute Gasteiger partial charge is 0.232 e. The summed E-state index contributed by atoms with van der Waals surface area (Å²) in [6.45, 7) is 1.30. The Morgan fingerprint density at radius 2 is 1.90 bits per heavy atom. The van der Waals surface area contributed by atoms with E-state index in [1.165, 1.54) is 0 Å². The zero-order valence-corrected chi connectivity index (χ0v) is 17.4. The molecule has 1 saturated heterocycles. The topological polar surface area (TPSA) is 59.5 Å². The van der Waals surface area contributed by atoms with Gasteiger partial charge >= 0.3 is 0 Å². The summed E-state index contributed by atoms with van der Waals surface area (Å²) >= 11 is 12.3. The standard InChI is InChI=1S/C23H18Cl2N2O3/c24-19-5-2-1-4-18(19)22(29)15-7-8-21(16(12-15)14-28)27-11-9-17(13-27)30-23-20(25)6-3-10-26-23/h1-8,10,12,14,17H,9,11,13H2/t17-/m0/s1. The molecule has 30 heavy (non-hydrogen) atoms. The number of halogens is 2. The normalized spacial score (nSPS) is 15.8. The molecular formula is C23H18Cl2N2O3. The van der Waals surface area contributed by atoms with Crippen LogP contribution in [0.5, 0.6) is 5.88 Å². The fourth-order valence-electron chi connectivity index (χ4n) is 3.54. The van der Waals surface area contributed by atoms with Crippen molar-refractivity contribution in [1.29, 1.82) is 0 Å². The van der Waals surface area contributed by atoms with Gasteiger partial charge in [0.2, 0.25) is 5.88 Å². The first-order valence-corrected chi connectivity index (χ1v) is 10.2. The number of hydrogen-bond acceptors (Lipinski definition) is 5. The van der Waals surface area contributed by atoms with Crippen LogP contribution in [-0.4, -0.2) is 36.2 Å². The van der Waals surface area contributed by atoms with E-state index < -0.39 is 0 Å². The maximum Gasteiger partial charge on any atom is 0.232 e. The maximum absolute atomic E-state index is 12.8. The molecular weight excluding hydrogens is 423 g/mol. The molecule has 0 N–H and O–H groups in total. The Morgan fingerprint density at radius 1 is 1.10 bits per heavy atom. The molecule has 5 nitrogen and oxygen atoms in total. The van der Waals surface area contributed by atoms with Gasteiger partial charge in [-0.25, -0.2) is 4.98 Å². The number of anilines is 1. The van der Waals surface area contributed by atoms with Gasteiger partial charge in [0.1, 0.15) is 11.1 Å². The number of hydrogen-bond donors (Lipinski definition) is 0. The molecule has 152 valence electrons. The summed E-state index contributed by atoms with van der Waals surface area (Å²) < 4.78 is 5.92. The lowest BCUT2D eigenvalue weighted by Crippen LogP contribution is -2.25. The van der Waals surface area contributed by atoms with E-state index >= 15 is 0 Å². The van der Waals surface area contributed by atoms with Crippen LogP contribution in [0.3, 0.4) is 0 Å². The summed E-state index contributed by atoms with van der Waals surface area (Å²) in [6.07, 6.45) is 3.07. The fraction of sp³-hybridized carbons (Fsp3) is 0.174. The maximum atomic E-state index is 12.8. The van der Waals surface area contributed by atoms with Crippen LogP contribution in [0.4, 0.5) is 5.69 Å². The molecule has 0 saturated carbocycles. The minimum atomic E-state index is -0.220. The Morgan fingerprint density at radius 3 is 2.67 bits per heavy atom. The molecule has 3 aromatic rings. The Hall–Kier alpha value is -2.89. The third-order valence-electron chi connectivity index (χ3n) is 5.02. The van der Waals surface area contributed by atoms with Crippen LogP contribution in [0.25, 0.3) is 0 Å². The molecule has 2 aromatic carbocycles. The second-order valence-electron chi connectivity index (χ2n) is 6.97. The monoisotopic (exact) mass is 440 g/mol. The van der Waals surface area contributed by atoms with E-state index in [1.807, 2.05) is 0 Å². The van der Waals surface area contributed by atoms with Crippen molar-refractivity contribution in [3.05, 3.63) is 87.5 Å². The lowest BCUT2D eigenvalue weighted by Gasteiger charge is -2.21. The predicted molar refractivity (Wildman–Crippen MR) is 117 cm³/mol. The van der Waals surface area contributed by atoms with Gasteiger partial charge in [-0.2, -0.15) is 0 Å². The highest BCUT2D eigenvalue weighted by atomic mass is 35.5. The highest BCUT2D eigenvalue weighted by Crippen LogP contribution is 2.29. The number of aldehydes is 1. The van der Waals surface area contributed by atoms with Crippen molar-refractivity contribution in [2.45, 2.75) is 12.5 Å². The molecule has 2 heterocycles. The van der Waals surface area contributed by atoms with Crippen LogP contribution in [0, 0.1) is 0 Å². The number of aromatic nitrogens is 1. The van der Waals surface area contributed by atoms with E-state index in [-0.39, 0.29) is 11.9 Å². The quantitative estimate of drug-likeness (QED) is 0.394. The summed E-state index contributed by atoms with van der Waals surface area (Å²) in [6, 6.07) is 15.5. The largest absolute Gasteiger partial charge is 0.471 e. The molecule has 1 atom stereocenters. The molecule has 1 fully saturated rings. The Bertz CT molecular complexity index is 1100. The lowest BCUT2D eigenvalue weighted by atomic mass is 10.0. The molecule has 0 aliphatic carbocycles. The van der Waals surface area contributed by atoms with E-state index in [2.05, 4.69) is 9.88 Å². The predicted octanol–water partition coefficient (Wildman–Crippen LogP) is 5.09. The number of carbonyl (C=O) groups is 2. The number of rotatable bonds is 6.